The molecule has 6 unspecified atom stereocenters. The zero-order chi connectivity index (χ0) is 29.5. The first-order valence-electron chi connectivity index (χ1n) is 15.9. The molecule has 42 heavy (non-hydrogen) atoms. The molecule has 228 valence electrons. The summed E-state index contributed by atoms with van der Waals surface area (Å²) in [5, 5.41) is 32.4. The van der Waals surface area contributed by atoms with Crippen molar-refractivity contribution in [3.8, 4) is 11.5 Å². The van der Waals surface area contributed by atoms with E-state index in [0.29, 0.717) is 54.7 Å². The van der Waals surface area contributed by atoms with E-state index in [2.05, 4.69) is 16.9 Å². The second-order valence-corrected chi connectivity index (χ2v) is 12.9. The maximum atomic E-state index is 11.1. The van der Waals surface area contributed by atoms with Crippen molar-refractivity contribution in [3.05, 3.63) is 71.7 Å². The number of nitrogens with two attached hydrogens (primary N) is 1. The number of ether oxygens (including phenoxy) is 1. The van der Waals surface area contributed by atoms with Gasteiger partial charge in [0.1, 0.15) is 5.82 Å². The Kier molecular flexibility index (Phi) is 10.1. The van der Waals surface area contributed by atoms with Gasteiger partial charge in [-0.1, -0.05) is 38.0 Å². The topological polar surface area (TPSA) is 123 Å². The number of aliphatic hydroxyl groups excluding tert-OH is 2. The molecule has 2 heterocycles. The SMILES string of the molecule is CCC12CCCC(C(O)CC(O)CCc3ccc(O)c(OCCC(Cc4ccc[n-]4)c4ccnc(N)c4)c3)C(CC1)C2. The lowest BCUT2D eigenvalue weighted by Gasteiger charge is -2.29. The lowest BCUT2D eigenvalue weighted by molar-refractivity contribution is 0.0183. The van der Waals surface area contributed by atoms with E-state index in [1.807, 2.05) is 36.4 Å². The summed E-state index contributed by atoms with van der Waals surface area (Å²) in [6, 6.07) is 13.2. The monoisotopic (exact) mass is 574 g/mol. The molecule has 0 spiro atoms. The van der Waals surface area contributed by atoms with Crippen LogP contribution in [0.3, 0.4) is 0 Å². The van der Waals surface area contributed by atoms with Crippen LogP contribution < -0.4 is 15.5 Å². The number of aryl methyl sites for hydroxylation is 1. The van der Waals surface area contributed by atoms with Crippen LogP contribution in [0.4, 0.5) is 5.82 Å². The van der Waals surface area contributed by atoms with Gasteiger partial charge in [0, 0.05) is 6.20 Å². The van der Waals surface area contributed by atoms with Crippen LogP contribution in [0.25, 0.3) is 0 Å². The maximum absolute atomic E-state index is 11.1. The molecule has 1 aromatic carbocycles. The minimum atomic E-state index is -0.558. The van der Waals surface area contributed by atoms with Gasteiger partial charge in [0.25, 0.3) is 0 Å². The molecular weight excluding hydrogens is 526 g/mol. The summed E-state index contributed by atoms with van der Waals surface area (Å²) in [5.74, 6) is 2.09. The molecule has 2 aromatic heterocycles. The number of anilines is 1. The molecule has 0 aliphatic heterocycles. The first-order chi connectivity index (χ1) is 20.3. The van der Waals surface area contributed by atoms with Crippen molar-refractivity contribution < 1.29 is 20.1 Å². The van der Waals surface area contributed by atoms with Crippen LogP contribution in [-0.2, 0) is 12.8 Å². The van der Waals surface area contributed by atoms with E-state index in [9.17, 15) is 15.3 Å². The Morgan fingerprint density at radius 3 is 2.79 bits per heavy atom. The van der Waals surface area contributed by atoms with Crippen LogP contribution >= 0.6 is 0 Å². The number of benzene rings is 1. The molecule has 0 amide bonds. The molecule has 7 nitrogen and oxygen atoms in total. The molecule has 0 radical (unpaired) electrons. The predicted molar refractivity (Wildman–Crippen MR) is 165 cm³/mol. The van der Waals surface area contributed by atoms with Gasteiger partial charge in [-0.15, -0.1) is 0 Å². The Morgan fingerprint density at radius 2 is 2.00 bits per heavy atom. The number of phenols is 1. The number of nitrogen functional groups attached to an aromatic ring is 1. The van der Waals surface area contributed by atoms with Crippen LogP contribution in [0.1, 0.15) is 93.9 Å². The highest BCUT2D eigenvalue weighted by Crippen LogP contribution is 2.54. The van der Waals surface area contributed by atoms with Crippen molar-refractivity contribution in [3.63, 3.8) is 0 Å². The molecule has 2 saturated carbocycles. The highest BCUT2D eigenvalue weighted by Gasteiger charge is 2.44. The molecule has 2 aliphatic carbocycles. The van der Waals surface area contributed by atoms with E-state index in [1.54, 1.807) is 18.5 Å². The average molecular weight is 575 g/mol. The third-order valence-electron chi connectivity index (χ3n) is 10.2. The van der Waals surface area contributed by atoms with Crippen LogP contribution in [0.2, 0.25) is 0 Å². The molecule has 2 aliphatic rings. The Hall–Kier alpha value is -3.03. The van der Waals surface area contributed by atoms with E-state index >= 15 is 0 Å². The van der Waals surface area contributed by atoms with E-state index in [-0.39, 0.29) is 11.7 Å². The van der Waals surface area contributed by atoms with E-state index in [0.717, 1.165) is 36.1 Å². The van der Waals surface area contributed by atoms with Gasteiger partial charge in [-0.05, 0) is 123 Å². The number of pyridine rings is 1. The molecule has 0 saturated heterocycles. The molecule has 7 heteroatoms. The van der Waals surface area contributed by atoms with Gasteiger partial charge < -0.3 is 30.8 Å². The second-order valence-electron chi connectivity index (χ2n) is 12.9. The highest BCUT2D eigenvalue weighted by atomic mass is 16.5. The van der Waals surface area contributed by atoms with Crippen molar-refractivity contribution in [1.82, 2.24) is 9.97 Å². The summed E-state index contributed by atoms with van der Waals surface area (Å²) in [7, 11) is 0. The molecular formula is C35H48N3O4-. The molecule has 2 bridgehead atoms. The Bertz CT molecular complexity index is 1260. The largest absolute Gasteiger partial charge is 0.668 e. The minimum absolute atomic E-state index is 0.102. The Morgan fingerprint density at radius 1 is 1.12 bits per heavy atom. The number of hydrogen-bond acceptors (Lipinski definition) is 6. The van der Waals surface area contributed by atoms with Gasteiger partial charge in [0.05, 0.1) is 18.8 Å². The zero-order valence-electron chi connectivity index (χ0n) is 25.0. The summed E-state index contributed by atoms with van der Waals surface area (Å²) in [6.07, 6.45) is 14.2. The fourth-order valence-corrected chi connectivity index (χ4v) is 7.66. The number of hydrogen-bond donors (Lipinski definition) is 4. The normalized spacial score (nSPS) is 24.2. The Labute approximate surface area is 250 Å². The third kappa shape index (κ3) is 7.67. The first-order valence-corrected chi connectivity index (χ1v) is 15.9. The van der Waals surface area contributed by atoms with Gasteiger partial charge >= 0.3 is 0 Å². The summed E-state index contributed by atoms with van der Waals surface area (Å²) < 4.78 is 6.07. The number of fused-ring (bicyclic) bond motifs is 2. The zero-order valence-corrected chi connectivity index (χ0v) is 25.0. The van der Waals surface area contributed by atoms with Gasteiger partial charge in [-0.3, -0.25) is 0 Å². The van der Waals surface area contributed by atoms with Gasteiger partial charge in [-0.2, -0.15) is 11.9 Å². The summed E-state index contributed by atoms with van der Waals surface area (Å²) in [5.41, 5.74) is 9.55. The standard InChI is InChI=1S/C35H48N3O4/c1-2-35-14-3-6-30(27(23-35)11-15-35)32(41)22-29(39)9-7-24-8-10-31(40)33(19-24)42-18-13-26(20-28-5-4-16-37-28)25-12-17-38-34(36)21-25/h4-5,8,10,12,16-17,19,21,26-27,29-30,32,39-41H,2-3,6-7,9,11,13-15,18,20,22-23H2,1H3,(H2,36,38)/q-1. The molecule has 6 atom stereocenters. The number of aromatic hydroxyl groups is 1. The lowest BCUT2D eigenvalue weighted by Crippen LogP contribution is -2.30. The van der Waals surface area contributed by atoms with Gasteiger partial charge in [-0.25, -0.2) is 4.98 Å². The molecule has 5 N–H and O–H groups in total. The first kappa shape index (κ1) is 30.4. The van der Waals surface area contributed by atoms with Crippen LogP contribution in [0.5, 0.6) is 11.5 Å². The van der Waals surface area contributed by atoms with E-state index in [4.69, 9.17) is 10.5 Å². The summed E-state index contributed by atoms with van der Waals surface area (Å²) in [6.45, 7) is 2.74. The summed E-state index contributed by atoms with van der Waals surface area (Å²) >= 11 is 0. The number of rotatable bonds is 14. The van der Waals surface area contributed by atoms with E-state index < -0.39 is 12.2 Å². The number of aliphatic hydroxyl groups is 2. The summed E-state index contributed by atoms with van der Waals surface area (Å²) in [4.78, 5) is 8.55. The number of nitrogens with zero attached hydrogens (tertiary/aromatic N) is 2. The van der Waals surface area contributed by atoms with Crippen LogP contribution in [0.15, 0.2) is 54.9 Å². The predicted octanol–water partition coefficient (Wildman–Crippen LogP) is 6.16. The van der Waals surface area contributed by atoms with Crippen molar-refractivity contribution in [1.29, 1.82) is 0 Å². The smallest absolute Gasteiger partial charge is 0.161 e. The molecule has 5 rings (SSSR count). The third-order valence-corrected chi connectivity index (χ3v) is 10.2. The number of aromatic nitrogens is 2. The number of phenolic OH excluding ortho intramolecular Hbond substituents is 1. The van der Waals surface area contributed by atoms with Crippen LogP contribution in [-0.4, -0.2) is 39.1 Å². The lowest BCUT2D eigenvalue weighted by atomic mass is 9.79. The highest BCUT2D eigenvalue weighted by molar-refractivity contribution is 5.42. The maximum Gasteiger partial charge on any atom is 0.161 e. The van der Waals surface area contributed by atoms with E-state index in [1.165, 1.54) is 38.5 Å². The fraction of sp³-hybridized carbons (Fsp3) is 0.571. The van der Waals surface area contributed by atoms with Gasteiger partial charge in [0.15, 0.2) is 11.5 Å². The molecule has 2 fully saturated rings. The van der Waals surface area contributed by atoms with Crippen molar-refractivity contribution >= 4 is 5.82 Å². The minimum Gasteiger partial charge on any atom is -0.668 e. The second kappa shape index (κ2) is 14.0. The average Bonchev–Trinajstić information content (AvgIpc) is 3.60. The fourth-order valence-electron chi connectivity index (χ4n) is 7.66. The van der Waals surface area contributed by atoms with Crippen molar-refractivity contribution in [2.24, 2.45) is 17.3 Å². The molecule has 3 aromatic rings. The quantitative estimate of drug-likeness (QED) is 0.182. The van der Waals surface area contributed by atoms with Crippen molar-refractivity contribution in [2.75, 3.05) is 12.3 Å². The Balaban J connectivity index is 1.12. The van der Waals surface area contributed by atoms with Crippen LogP contribution in [0, 0.1) is 17.3 Å². The van der Waals surface area contributed by atoms with Gasteiger partial charge in [0.2, 0.25) is 0 Å². The van der Waals surface area contributed by atoms with Crippen molar-refractivity contribution in [2.45, 2.75) is 102 Å².